The van der Waals surface area contributed by atoms with Gasteiger partial charge in [0.25, 0.3) is 0 Å². The molecule has 0 aromatic rings. The van der Waals surface area contributed by atoms with Gasteiger partial charge >= 0.3 is 17.9 Å². The summed E-state index contributed by atoms with van der Waals surface area (Å²) in [6.07, 6.45) is 46.8. The molecule has 0 aromatic heterocycles. The molecule has 0 bridgehead atoms. The Balaban J connectivity index is 4.22. The number of carbonyl (C=O) groups excluding carboxylic acids is 3. The highest BCUT2D eigenvalue weighted by atomic mass is 16.6. The van der Waals surface area contributed by atoms with Gasteiger partial charge in [-0.2, -0.15) is 0 Å². The number of rotatable bonds is 48. The number of esters is 3. The van der Waals surface area contributed by atoms with Crippen molar-refractivity contribution in [3.63, 3.8) is 0 Å². The summed E-state index contributed by atoms with van der Waals surface area (Å²) < 4.78 is 16.8. The molecule has 6 heteroatoms. The van der Waals surface area contributed by atoms with E-state index in [2.05, 4.69) is 41.5 Å². The Morgan fingerprint density at radius 2 is 0.475 bits per heavy atom. The first-order chi connectivity index (χ1) is 29.6. The molecule has 0 aliphatic heterocycles. The molecule has 0 spiro atoms. The lowest BCUT2D eigenvalue weighted by atomic mass is 10.0. The zero-order chi connectivity index (χ0) is 44.9. The third-order valence-electron chi connectivity index (χ3n) is 12.4. The van der Waals surface area contributed by atoms with E-state index in [1.54, 1.807) is 0 Å². The summed E-state index contributed by atoms with van der Waals surface area (Å²) in [5.74, 6) is 1.59. The first-order valence-electron chi connectivity index (χ1n) is 27.1. The van der Waals surface area contributed by atoms with Crippen LogP contribution in [-0.2, 0) is 28.6 Å². The highest BCUT2D eigenvalue weighted by molar-refractivity contribution is 5.71. The van der Waals surface area contributed by atoms with Crippen molar-refractivity contribution in [1.29, 1.82) is 0 Å². The fourth-order valence-electron chi connectivity index (χ4n) is 8.29. The smallest absolute Gasteiger partial charge is 0.306 e. The summed E-state index contributed by atoms with van der Waals surface area (Å²) in [6.45, 7) is 13.7. The van der Waals surface area contributed by atoms with Crippen molar-refractivity contribution in [2.24, 2.45) is 17.8 Å². The number of carbonyl (C=O) groups is 3. The van der Waals surface area contributed by atoms with Crippen LogP contribution < -0.4 is 0 Å². The van der Waals surface area contributed by atoms with Gasteiger partial charge < -0.3 is 14.2 Å². The SMILES string of the molecule is CC(C)CCCCCCCCCCCCCCCCCCCCC(=O)O[C@H](COC(=O)CCCCCCCCCCCC(C)C)COC(=O)CCCCCCCCCC(C)C. The molecule has 0 amide bonds. The van der Waals surface area contributed by atoms with E-state index in [9.17, 15) is 14.4 Å². The van der Waals surface area contributed by atoms with E-state index >= 15 is 0 Å². The molecule has 362 valence electrons. The van der Waals surface area contributed by atoms with Crippen LogP contribution in [0.15, 0.2) is 0 Å². The normalized spacial score (nSPS) is 12.1. The van der Waals surface area contributed by atoms with E-state index in [1.165, 1.54) is 180 Å². The van der Waals surface area contributed by atoms with Crippen molar-refractivity contribution >= 4 is 17.9 Å². The van der Waals surface area contributed by atoms with Gasteiger partial charge in [-0.1, -0.05) is 260 Å². The maximum atomic E-state index is 12.8. The quantitative estimate of drug-likeness (QED) is 0.0344. The molecule has 0 saturated heterocycles. The molecule has 0 aliphatic carbocycles. The Hall–Kier alpha value is -1.59. The van der Waals surface area contributed by atoms with Crippen LogP contribution in [0.1, 0.15) is 298 Å². The molecule has 1 atom stereocenters. The summed E-state index contributed by atoms with van der Waals surface area (Å²) in [5.41, 5.74) is 0. The predicted molar refractivity (Wildman–Crippen MR) is 261 cm³/mol. The van der Waals surface area contributed by atoms with Crippen LogP contribution in [0.2, 0.25) is 0 Å². The maximum Gasteiger partial charge on any atom is 0.306 e. The second-order valence-corrected chi connectivity index (χ2v) is 20.3. The monoisotopic (exact) mass is 863 g/mol. The first kappa shape index (κ1) is 59.4. The van der Waals surface area contributed by atoms with E-state index in [0.717, 1.165) is 75.5 Å². The zero-order valence-corrected chi connectivity index (χ0v) is 42.0. The molecule has 0 saturated carbocycles. The average Bonchev–Trinajstić information content (AvgIpc) is 3.22. The first-order valence-corrected chi connectivity index (χ1v) is 27.1. The highest BCUT2D eigenvalue weighted by Gasteiger charge is 2.19. The van der Waals surface area contributed by atoms with Gasteiger partial charge in [-0.3, -0.25) is 14.4 Å². The second kappa shape index (κ2) is 46.4. The molecule has 0 aliphatic rings. The largest absolute Gasteiger partial charge is 0.462 e. The molecule has 0 fully saturated rings. The van der Waals surface area contributed by atoms with Crippen LogP contribution in [0.4, 0.5) is 0 Å². The minimum Gasteiger partial charge on any atom is -0.462 e. The molecule has 0 N–H and O–H groups in total. The van der Waals surface area contributed by atoms with Gasteiger partial charge in [-0.05, 0) is 37.0 Å². The molecule has 61 heavy (non-hydrogen) atoms. The van der Waals surface area contributed by atoms with Gasteiger partial charge in [-0.15, -0.1) is 0 Å². The lowest BCUT2D eigenvalue weighted by molar-refractivity contribution is -0.167. The van der Waals surface area contributed by atoms with Crippen LogP contribution in [0.25, 0.3) is 0 Å². The number of hydrogen-bond acceptors (Lipinski definition) is 6. The van der Waals surface area contributed by atoms with Crippen molar-refractivity contribution in [3.05, 3.63) is 0 Å². The van der Waals surface area contributed by atoms with E-state index in [1.807, 2.05) is 0 Å². The summed E-state index contributed by atoms with van der Waals surface area (Å²) >= 11 is 0. The summed E-state index contributed by atoms with van der Waals surface area (Å²) in [7, 11) is 0. The lowest BCUT2D eigenvalue weighted by Gasteiger charge is -2.18. The summed E-state index contributed by atoms with van der Waals surface area (Å²) in [4.78, 5) is 37.9. The van der Waals surface area contributed by atoms with Crippen molar-refractivity contribution in [1.82, 2.24) is 0 Å². The van der Waals surface area contributed by atoms with Crippen LogP contribution >= 0.6 is 0 Å². The Morgan fingerprint density at radius 1 is 0.279 bits per heavy atom. The van der Waals surface area contributed by atoms with Crippen molar-refractivity contribution < 1.29 is 28.6 Å². The van der Waals surface area contributed by atoms with Gasteiger partial charge in [0.15, 0.2) is 6.10 Å². The third-order valence-corrected chi connectivity index (χ3v) is 12.4. The van der Waals surface area contributed by atoms with Crippen molar-refractivity contribution in [2.75, 3.05) is 13.2 Å². The number of unbranched alkanes of at least 4 members (excludes halogenated alkanes) is 31. The molecular weight excluding hydrogens is 757 g/mol. The highest BCUT2D eigenvalue weighted by Crippen LogP contribution is 2.18. The van der Waals surface area contributed by atoms with Crippen LogP contribution in [0.5, 0.6) is 0 Å². The molecule has 6 nitrogen and oxygen atoms in total. The molecule has 0 aromatic carbocycles. The Labute approximate surface area is 380 Å². The van der Waals surface area contributed by atoms with Gasteiger partial charge in [-0.25, -0.2) is 0 Å². The van der Waals surface area contributed by atoms with Crippen LogP contribution in [0, 0.1) is 17.8 Å². The maximum absolute atomic E-state index is 12.8. The zero-order valence-electron chi connectivity index (χ0n) is 42.0. The van der Waals surface area contributed by atoms with Gasteiger partial charge in [0.05, 0.1) is 0 Å². The average molecular weight is 863 g/mol. The minimum atomic E-state index is -0.763. The molecule has 0 rings (SSSR count). The summed E-state index contributed by atoms with van der Waals surface area (Å²) in [5, 5.41) is 0. The number of ether oxygens (including phenoxy) is 3. The summed E-state index contributed by atoms with van der Waals surface area (Å²) in [6, 6.07) is 0. The Bertz CT molecular complexity index is 945. The second-order valence-electron chi connectivity index (χ2n) is 20.3. The molecule has 0 heterocycles. The van der Waals surface area contributed by atoms with Gasteiger partial charge in [0.1, 0.15) is 13.2 Å². The minimum absolute atomic E-state index is 0.0652. The molecule has 0 unspecified atom stereocenters. The van der Waals surface area contributed by atoms with Gasteiger partial charge in [0, 0.05) is 19.3 Å². The van der Waals surface area contributed by atoms with Crippen LogP contribution in [-0.4, -0.2) is 37.2 Å². The fourth-order valence-corrected chi connectivity index (χ4v) is 8.29. The topological polar surface area (TPSA) is 78.9 Å². The van der Waals surface area contributed by atoms with Crippen LogP contribution in [0.3, 0.4) is 0 Å². The van der Waals surface area contributed by atoms with Crippen molar-refractivity contribution in [3.8, 4) is 0 Å². The third kappa shape index (κ3) is 49.3. The van der Waals surface area contributed by atoms with E-state index in [4.69, 9.17) is 14.2 Å². The lowest BCUT2D eigenvalue weighted by Crippen LogP contribution is -2.30. The van der Waals surface area contributed by atoms with Crippen molar-refractivity contribution in [2.45, 2.75) is 304 Å². The Morgan fingerprint density at radius 3 is 0.705 bits per heavy atom. The van der Waals surface area contributed by atoms with Gasteiger partial charge in [0.2, 0.25) is 0 Å². The molecular formula is C55H106O6. The Kier molecular flexibility index (Phi) is 45.2. The predicted octanol–water partition coefficient (Wildman–Crippen LogP) is 17.6. The molecule has 0 radical (unpaired) electrons. The standard InChI is InChI=1S/C55H106O6/c1-49(2)41-35-29-23-18-15-13-11-9-7-8-10-12-14-16-20-27-34-40-46-55(58)61-52(48-60-54(57)45-39-33-28-22-25-31-37-43-51(5)6)47-59-53(56)44-38-32-26-21-17-19-24-30-36-42-50(3)4/h49-52H,7-48H2,1-6H3/t52-/m1/s1. The van der Waals surface area contributed by atoms with E-state index in [0.29, 0.717) is 19.3 Å². The van der Waals surface area contributed by atoms with E-state index < -0.39 is 6.10 Å². The number of hydrogen-bond donors (Lipinski definition) is 0. The fraction of sp³-hybridized carbons (Fsp3) is 0.945. The van der Waals surface area contributed by atoms with E-state index in [-0.39, 0.29) is 31.1 Å².